The first-order chi connectivity index (χ1) is 20.8. The van der Waals surface area contributed by atoms with E-state index in [-0.39, 0.29) is 36.9 Å². The molecule has 0 heterocycles. The van der Waals surface area contributed by atoms with Crippen molar-refractivity contribution in [1.29, 1.82) is 0 Å². The van der Waals surface area contributed by atoms with Crippen molar-refractivity contribution in [2.24, 2.45) is 11.8 Å². The van der Waals surface area contributed by atoms with E-state index in [0.717, 1.165) is 38.7 Å². The number of aliphatic hydroxyl groups is 1. The Bertz CT molecular complexity index is 1000. The van der Waals surface area contributed by atoms with Crippen LogP contribution < -0.4 is 0 Å². The molecule has 7 nitrogen and oxygen atoms in total. The Labute approximate surface area is 259 Å². The van der Waals surface area contributed by atoms with E-state index in [2.05, 4.69) is 44.3 Å². The number of unbranched alkanes of at least 4 members (excludes halogenated alkanes) is 1. The summed E-state index contributed by atoms with van der Waals surface area (Å²) in [6, 6.07) is 9.45. The van der Waals surface area contributed by atoms with Gasteiger partial charge in [-0.1, -0.05) is 50.8 Å². The summed E-state index contributed by atoms with van der Waals surface area (Å²) < 4.78 is 21.8. The van der Waals surface area contributed by atoms with E-state index in [1.54, 1.807) is 0 Å². The monoisotopic (exact) mass is 598 g/mol. The smallest absolute Gasteiger partial charge is 0.335 e. The fourth-order valence-electron chi connectivity index (χ4n) is 6.36. The lowest BCUT2D eigenvalue weighted by atomic mass is 9.76. The third-order valence-electron chi connectivity index (χ3n) is 9.22. The molecule has 0 saturated heterocycles. The van der Waals surface area contributed by atoms with Crippen molar-refractivity contribution in [3.8, 4) is 0 Å². The molecule has 0 radical (unpaired) electrons. The molecule has 1 aromatic rings. The van der Waals surface area contributed by atoms with Gasteiger partial charge in [0.2, 0.25) is 0 Å². The van der Waals surface area contributed by atoms with Gasteiger partial charge in [-0.05, 0) is 99.5 Å². The van der Waals surface area contributed by atoms with E-state index in [9.17, 15) is 9.59 Å². The van der Waals surface area contributed by atoms with Crippen LogP contribution >= 0.6 is 0 Å². The molecule has 240 valence electrons. The number of benzene rings is 1. The molecule has 2 aliphatic carbocycles. The van der Waals surface area contributed by atoms with Crippen LogP contribution in [0.2, 0.25) is 0 Å². The van der Waals surface area contributed by atoms with Crippen molar-refractivity contribution < 1.29 is 33.6 Å². The second-order valence-electron chi connectivity index (χ2n) is 12.5. The standard InChI is InChI=1S/C36H54O7/c1-5-6-21-41-34-19-17-33(18-20-34)32-15-13-31(14-16-32)30-11-9-28(10-12-30)7-8-29(24-42-35(38)26(2)22-37)25-43-36(39)27(3)23-40-4/h13-16,28-30,33-34,37H,2-3,5-12,17-25H2,1,4H3. The Morgan fingerprint density at radius 1 is 0.860 bits per heavy atom. The average Bonchev–Trinajstić information content (AvgIpc) is 3.04. The van der Waals surface area contributed by atoms with Crippen molar-refractivity contribution >= 4 is 11.9 Å². The molecule has 1 atom stereocenters. The van der Waals surface area contributed by atoms with Crippen LogP contribution in [0.15, 0.2) is 48.6 Å². The fourth-order valence-corrected chi connectivity index (χ4v) is 6.36. The van der Waals surface area contributed by atoms with Crippen molar-refractivity contribution in [2.45, 2.75) is 102 Å². The molecule has 0 amide bonds. The van der Waals surface area contributed by atoms with E-state index in [1.807, 2.05) is 0 Å². The van der Waals surface area contributed by atoms with Gasteiger partial charge in [0.25, 0.3) is 0 Å². The SMILES string of the molecule is C=C(CO)C(=O)OCC(CCC1CCC(c2ccc(C3CCC(OCCCC)CC3)cc2)CC1)COC(=O)C(=C)COC. The lowest BCUT2D eigenvalue weighted by molar-refractivity contribution is -0.145. The van der Waals surface area contributed by atoms with Crippen LogP contribution in [0, 0.1) is 11.8 Å². The normalized spacial score (nSPS) is 22.9. The number of ether oxygens (including phenoxy) is 4. The van der Waals surface area contributed by atoms with Gasteiger partial charge >= 0.3 is 11.9 Å². The summed E-state index contributed by atoms with van der Waals surface area (Å²) in [5.41, 5.74) is 3.19. The molecule has 0 spiro atoms. The number of rotatable bonds is 18. The minimum absolute atomic E-state index is 0.00959. The van der Waals surface area contributed by atoms with E-state index in [4.69, 9.17) is 24.1 Å². The minimum Gasteiger partial charge on any atom is -0.462 e. The zero-order valence-electron chi connectivity index (χ0n) is 26.5. The van der Waals surface area contributed by atoms with Gasteiger partial charge in [-0.2, -0.15) is 0 Å². The number of carbonyl (C=O) groups is 2. The summed E-state index contributed by atoms with van der Waals surface area (Å²) in [4.78, 5) is 24.2. The van der Waals surface area contributed by atoms with Crippen LogP contribution in [-0.2, 0) is 28.5 Å². The largest absolute Gasteiger partial charge is 0.462 e. The topological polar surface area (TPSA) is 91.3 Å². The summed E-state index contributed by atoms with van der Waals surface area (Å²) >= 11 is 0. The molecule has 0 aromatic heterocycles. The Kier molecular flexibility index (Phi) is 15.5. The molecule has 3 rings (SSSR count). The predicted octanol–water partition coefficient (Wildman–Crippen LogP) is 7.04. The summed E-state index contributed by atoms with van der Waals surface area (Å²) in [5.74, 6) is 0.573. The van der Waals surface area contributed by atoms with Crippen molar-refractivity contribution in [2.75, 3.05) is 40.1 Å². The molecule has 2 fully saturated rings. The first kappa shape index (κ1) is 35.0. The lowest BCUT2D eigenvalue weighted by Gasteiger charge is -2.31. The van der Waals surface area contributed by atoms with E-state index in [0.29, 0.717) is 23.9 Å². The maximum absolute atomic E-state index is 12.2. The van der Waals surface area contributed by atoms with Gasteiger partial charge in [-0.15, -0.1) is 0 Å². The van der Waals surface area contributed by atoms with E-state index in [1.165, 1.54) is 63.2 Å². The van der Waals surface area contributed by atoms with Crippen LogP contribution in [0.1, 0.15) is 107 Å². The summed E-state index contributed by atoms with van der Waals surface area (Å²) in [6.07, 6.45) is 14.0. The van der Waals surface area contributed by atoms with Crippen LogP contribution in [0.4, 0.5) is 0 Å². The van der Waals surface area contributed by atoms with Crippen molar-refractivity contribution in [3.63, 3.8) is 0 Å². The molecular formula is C36H54O7. The zero-order chi connectivity index (χ0) is 31.0. The van der Waals surface area contributed by atoms with Crippen LogP contribution in [-0.4, -0.2) is 63.3 Å². The molecule has 0 aliphatic heterocycles. The fraction of sp³-hybridized carbons (Fsp3) is 0.667. The first-order valence-electron chi connectivity index (χ1n) is 16.4. The summed E-state index contributed by atoms with van der Waals surface area (Å²) in [6.45, 7) is 10.2. The van der Waals surface area contributed by atoms with Gasteiger partial charge in [-0.25, -0.2) is 9.59 Å². The van der Waals surface area contributed by atoms with Gasteiger partial charge in [-0.3, -0.25) is 0 Å². The van der Waals surface area contributed by atoms with Gasteiger partial charge in [0.15, 0.2) is 0 Å². The highest BCUT2D eigenvalue weighted by molar-refractivity contribution is 5.88. The molecule has 1 N–H and O–H groups in total. The molecule has 1 aromatic carbocycles. The third kappa shape index (κ3) is 11.8. The zero-order valence-corrected chi connectivity index (χ0v) is 26.5. The number of methoxy groups -OCH3 is 1. The molecule has 2 aliphatic rings. The Hall–Kier alpha value is -2.48. The van der Waals surface area contributed by atoms with E-state index >= 15 is 0 Å². The van der Waals surface area contributed by atoms with Crippen LogP contribution in [0.25, 0.3) is 0 Å². The van der Waals surface area contributed by atoms with Crippen LogP contribution in [0.3, 0.4) is 0 Å². The summed E-state index contributed by atoms with van der Waals surface area (Å²) in [7, 11) is 1.50. The van der Waals surface area contributed by atoms with Crippen LogP contribution in [0.5, 0.6) is 0 Å². The maximum Gasteiger partial charge on any atom is 0.335 e. The number of hydrogen-bond acceptors (Lipinski definition) is 7. The molecule has 1 unspecified atom stereocenters. The number of esters is 2. The average molecular weight is 599 g/mol. The number of carbonyl (C=O) groups excluding carboxylic acids is 2. The summed E-state index contributed by atoms with van der Waals surface area (Å²) in [5, 5.41) is 9.15. The first-order valence-corrected chi connectivity index (χ1v) is 16.4. The lowest BCUT2D eigenvalue weighted by Crippen LogP contribution is -2.24. The maximum atomic E-state index is 12.2. The van der Waals surface area contributed by atoms with Crippen molar-refractivity contribution in [1.82, 2.24) is 0 Å². The molecule has 2 saturated carbocycles. The van der Waals surface area contributed by atoms with E-state index < -0.39 is 18.5 Å². The highest BCUT2D eigenvalue weighted by atomic mass is 16.5. The van der Waals surface area contributed by atoms with Crippen molar-refractivity contribution in [3.05, 3.63) is 59.7 Å². The van der Waals surface area contributed by atoms with Gasteiger partial charge in [0.1, 0.15) is 0 Å². The van der Waals surface area contributed by atoms with Gasteiger partial charge in [0.05, 0.1) is 43.7 Å². The Morgan fingerprint density at radius 2 is 1.40 bits per heavy atom. The number of aliphatic hydroxyl groups excluding tert-OH is 1. The third-order valence-corrected chi connectivity index (χ3v) is 9.22. The van der Waals surface area contributed by atoms with Gasteiger partial charge in [0, 0.05) is 19.6 Å². The molecule has 7 heteroatoms. The quantitative estimate of drug-likeness (QED) is 0.110. The Morgan fingerprint density at radius 3 is 1.91 bits per heavy atom. The van der Waals surface area contributed by atoms with Gasteiger partial charge < -0.3 is 24.1 Å². The minimum atomic E-state index is -0.627. The highest BCUT2D eigenvalue weighted by Gasteiger charge is 2.26. The Balaban J connectivity index is 1.43. The molecular weight excluding hydrogens is 544 g/mol. The molecule has 43 heavy (non-hydrogen) atoms. The molecule has 0 bridgehead atoms. The second-order valence-corrected chi connectivity index (χ2v) is 12.5. The number of hydrogen-bond donors (Lipinski definition) is 1. The second kappa shape index (κ2) is 19.0. The highest BCUT2D eigenvalue weighted by Crippen LogP contribution is 2.39. The predicted molar refractivity (Wildman–Crippen MR) is 169 cm³/mol.